The Morgan fingerprint density at radius 2 is 1.63 bits per heavy atom. The van der Waals surface area contributed by atoms with Crippen molar-refractivity contribution in [2.45, 2.75) is 95.3 Å². The summed E-state index contributed by atoms with van der Waals surface area (Å²) in [5, 5.41) is 10.2. The van der Waals surface area contributed by atoms with E-state index in [4.69, 9.17) is 25.4 Å². The summed E-state index contributed by atoms with van der Waals surface area (Å²) in [6.07, 6.45) is 12.3. The van der Waals surface area contributed by atoms with E-state index in [-0.39, 0.29) is 24.1 Å². The molecule has 0 atom stereocenters. The molecule has 1 aromatic carbocycles. The molecule has 2 aromatic heterocycles. The van der Waals surface area contributed by atoms with Gasteiger partial charge in [-0.2, -0.15) is 9.97 Å². The quantitative estimate of drug-likeness (QED) is 0.269. The molecule has 2 saturated carbocycles. The molecule has 12 heteroatoms. The lowest BCUT2D eigenvalue weighted by Crippen LogP contribution is -2.44. The summed E-state index contributed by atoms with van der Waals surface area (Å²) in [4.78, 5) is 41.3. The van der Waals surface area contributed by atoms with Crippen LogP contribution in [0.25, 0.3) is 11.2 Å². The maximum absolute atomic E-state index is 13.0. The Labute approximate surface area is 252 Å². The monoisotopic (exact) mass is 589 g/mol. The highest BCUT2D eigenvalue weighted by Crippen LogP contribution is 2.34. The van der Waals surface area contributed by atoms with Gasteiger partial charge in [0.05, 0.1) is 18.5 Å². The van der Waals surface area contributed by atoms with Gasteiger partial charge < -0.3 is 35.9 Å². The minimum atomic E-state index is -0.372. The largest absolute Gasteiger partial charge is 0.462 e. The normalized spacial score (nSPS) is 21.6. The number of benzene rings is 1. The molecule has 3 aromatic rings. The molecule has 0 spiro atoms. The number of piperidine rings is 1. The molecule has 2 aliphatic carbocycles. The van der Waals surface area contributed by atoms with Crippen molar-refractivity contribution < 1.29 is 14.3 Å². The number of aromatic nitrogens is 4. The third kappa shape index (κ3) is 6.84. The molecule has 2 amide bonds. The van der Waals surface area contributed by atoms with Gasteiger partial charge in [-0.3, -0.25) is 0 Å². The zero-order valence-corrected chi connectivity index (χ0v) is 24.9. The summed E-state index contributed by atoms with van der Waals surface area (Å²) >= 11 is 0. The molecule has 3 aliphatic rings. The number of amides is 2. The molecule has 43 heavy (non-hydrogen) atoms. The maximum Gasteiger partial charge on any atom is 0.338 e. The highest BCUT2D eigenvalue weighted by molar-refractivity contribution is 5.92. The fourth-order valence-electron chi connectivity index (χ4n) is 6.50. The molecule has 0 bridgehead atoms. The van der Waals surface area contributed by atoms with Gasteiger partial charge in [-0.05, 0) is 82.6 Å². The van der Waals surface area contributed by atoms with Crippen LogP contribution in [0.15, 0.2) is 30.6 Å². The van der Waals surface area contributed by atoms with E-state index >= 15 is 0 Å². The Morgan fingerprint density at radius 1 is 0.930 bits per heavy atom. The fraction of sp³-hybridized carbons (Fsp3) is 0.581. The number of hydrogen-bond acceptors (Lipinski definition) is 9. The number of carbonyl (C=O) groups excluding carboxylic acids is 2. The van der Waals surface area contributed by atoms with E-state index in [0.29, 0.717) is 49.0 Å². The van der Waals surface area contributed by atoms with E-state index in [1.165, 1.54) is 12.8 Å². The molecular weight excluding hydrogens is 546 g/mol. The first-order valence-corrected chi connectivity index (χ1v) is 15.8. The van der Waals surface area contributed by atoms with Crippen molar-refractivity contribution in [1.82, 2.24) is 24.4 Å². The number of fused-ring (bicyclic) bond motifs is 1. The molecule has 3 fully saturated rings. The van der Waals surface area contributed by atoms with Crippen LogP contribution in [0, 0.1) is 0 Å². The Balaban J connectivity index is 1.10. The predicted octanol–water partition coefficient (Wildman–Crippen LogP) is 4.91. The second kappa shape index (κ2) is 13.2. The molecule has 0 unspecified atom stereocenters. The van der Waals surface area contributed by atoms with E-state index in [9.17, 15) is 9.59 Å². The Morgan fingerprint density at radius 3 is 2.33 bits per heavy atom. The lowest BCUT2D eigenvalue weighted by atomic mass is 9.92. The van der Waals surface area contributed by atoms with Gasteiger partial charge in [0.25, 0.3) is 0 Å². The topological polar surface area (TPSA) is 152 Å². The zero-order chi connectivity index (χ0) is 29.8. The molecule has 1 saturated heterocycles. The summed E-state index contributed by atoms with van der Waals surface area (Å²) in [7, 11) is 0. The van der Waals surface area contributed by atoms with Gasteiger partial charge in [0, 0.05) is 42.9 Å². The van der Waals surface area contributed by atoms with Crippen LogP contribution in [0.3, 0.4) is 0 Å². The van der Waals surface area contributed by atoms with Gasteiger partial charge in [0.1, 0.15) is 0 Å². The number of ether oxygens (including phenoxy) is 1. The smallest absolute Gasteiger partial charge is 0.338 e. The Kier molecular flexibility index (Phi) is 8.92. The predicted molar refractivity (Wildman–Crippen MR) is 166 cm³/mol. The van der Waals surface area contributed by atoms with Gasteiger partial charge in [-0.15, -0.1) is 0 Å². The van der Waals surface area contributed by atoms with E-state index in [1.807, 2.05) is 11.2 Å². The van der Waals surface area contributed by atoms with Gasteiger partial charge in [-0.1, -0.05) is 12.8 Å². The average Bonchev–Trinajstić information content (AvgIpc) is 3.70. The summed E-state index contributed by atoms with van der Waals surface area (Å²) in [5.41, 5.74) is 8.91. The fourth-order valence-corrected chi connectivity index (χ4v) is 6.50. The number of imidazole rings is 1. The van der Waals surface area contributed by atoms with Gasteiger partial charge in [0.15, 0.2) is 17.0 Å². The number of rotatable bonds is 8. The second-order valence-corrected chi connectivity index (χ2v) is 12.0. The Bertz CT molecular complexity index is 1400. The van der Waals surface area contributed by atoms with Gasteiger partial charge in [0.2, 0.25) is 5.95 Å². The first kappa shape index (κ1) is 29.2. The second-order valence-electron chi connectivity index (χ2n) is 12.0. The maximum atomic E-state index is 13.0. The zero-order valence-electron chi connectivity index (χ0n) is 24.9. The van der Waals surface area contributed by atoms with Crippen LogP contribution < -0.4 is 21.7 Å². The lowest BCUT2D eigenvalue weighted by molar-refractivity contribution is 0.0526. The number of likely N-dealkylation sites (tertiary alicyclic amines) is 1. The number of urea groups is 1. The van der Waals surface area contributed by atoms with Gasteiger partial charge >= 0.3 is 12.0 Å². The first-order valence-electron chi connectivity index (χ1n) is 15.8. The van der Waals surface area contributed by atoms with Crippen LogP contribution in [-0.4, -0.2) is 74.2 Å². The van der Waals surface area contributed by atoms with Crippen molar-refractivity contribution >= 4 is 40.6 Å². The molecule has 3 heterocycles. The Hall–Kier alpha value is -3.93. The molecule has 1 aliphatic heterocycles. The van der Waals surface area contributed by atoms with Gasteiger partial charge in [-0.25, -0.2) is 14.6 Å². The summed E-state index contributed by atoms with van der Waals surface area (Å²) in [5.74, 6) is 1.02. The van der Waals surface area contributed by atoms with E-state index in [0.717, 1.165) is 68.3 Å². The van der Waals surface area contributed by atoms with Crippen molar-refractivity contribution in [3.63, 3.8) is 0 Å². The SMILES string of the molecule is CCOC(=O)c1ccc(NC(=O)N2CCC(Nc3nc(NC4CCC(N)CC4)nc4c3ncn4C3CCCC3)CC2)cc1. The first-order chi connectivity index (χ1) is 21.0. The van der Waals surface area contributed by atoms with Crippen LogP contribution >= 0.6 is 0 Å². The van der Waals surface area contributed by atoms with Crippen LogP contribution in [0.5, 0.6) is 0 Å². The number of nitrogens with zero attached hydrogens (tertiary/aromatic N) is 5. The molecule has 0 radical (unpaired) electrons. The lowest BCUT2D eigenvalue weighted by Gasteiger charge is -2.32. The van der Waals surface area contributed by atoms with Crippen molar-refractivity contribution in [3.05, 3.63) is 36.2 Å². The third-order valence-electron chi connectivity index (χ3n) is 9.01. The number of anilines is 3. The van der Waals surface area contributed by atoms with Crippen LogP contribution in [0.2, 0.25) is 0 Å². The van der Waals surface area contributed by atoms with E-state index in [1.54, 1.807) is 31.2 Å². The minimum absolute atomic E-state index is 0.152. The van der Waals surface area contributed by atoms with Crippen LogP contribution in [-0.2, 0) is 4.74 Å². The number of esters is 1. The van der Waals surface area contributed by atoms with Crippen molar-refractivity contribution in [2.75, 3.05) is 35.6 Å². The van der Waals surface area contributed by atoms with Crippen LogP contribution in [0.1, 0.15) is 87.5 Å². The summed E-state index contributed by atoms with van der Waals surface area (Å²) in [6.45, 7) is 3.32. The van der Waals surface area contributed by atoms with E-state index < -0.39 is 0 Å². The van der Waals surface area contributed by atoms with Crippen molar-refractivity contribution in [3.8, 4) is 0 Å². The van der Waals surface area contributed by atoms with Crippen molar-refractivity contribution in [2.24, 2.45) is 5.73 Å². The number of nitrogens with one attached hydrogen (secondary N) is 3. The summed E-state index contributed by atoms with van der Waals surface area (Å²) < 4.78 is 7.27. The highest BCUT2D eigenvalue weighted by atomic mass is 16.5. The minimum Gasteiger partial charge on any atom is -0.462 e. The number of hydrogen-bond donors (Lipinski definition) is 4. The van der Waals surface area contributed by atoms with Crippen LogP contribution in [0.4, 0.5) is 22.2 Å². The number of nitrogens with two attached hydrogens (primary N) is 1. The molecule has 230 valence electrons. The molecule has 6 rings (SSSR count). The standard InChI is InChI=1S/C31H43N9O3/c1-2-43-29(41)20-7-11-23(12-8-20)36-31(42)39-17-15-24(16-18-39)34-27-26-28(40(19-33-26)25-5-3-4-6-25)38-30(37-27)35-22-13-9-21(32)10-14-22/h7-8,11-12,19,21-22,24-25H,2-6,9-10,13-18,32H2,1H3,(H,36,42)(H2,34,35,37,38). The number of carbonyl (C=O) groups is 2. The summed E-state index contributed by atoms with van der Waals surface area (Å²) in [6, 6.07) is 7.79. The molecular formula is C31H43N9O3. The molecule has 12 nitrogen and oxygen atoms in total. The van der Waals surface area contributed by atoms with Crippen molar-refractivity contribution in [1.29, 1.82) is 0 Å². The van der Waals surface area contributed by atoms with E-state index in [2.05, 4.69) is 20.5 Å². The third-order valence-corrected chi connectivity index (χ3v) is 9.01. The highest BCUT2D eigenvalue weighted by Gasteiger charge is 2.27. The average molecular weight is 590 g/mol. The molecule has 5 N–H and O–H groups in total.